The second-order valence-corrected chi connectivity index (χ2v) is 3.75. The molecule has 0 radical (unpaired) electrons. The van der Waals surface area contributed by atoms with Crippen molar-refractivity contribution >= 4 is 0 Å². The lowest BCUT2D eigenvalue weighted by Gasteiger charge is -2.15. The summed E-state index contributed by atoms with van der Waals surface area (Å²) in [4.78, 5) is 4.49. The molecule has 0 amide bonds. The molecule has 0 spiro atoms. The van der Waals surface area contributed by atoms with E-state index in [4.69, 9.17) is 4.74 Å². The third kappa shape index (κ3) is 8.81. The minimum absolute atomic E-state index is 0.680. The Morgan fingerprint density at radius 2 is 1.06 bits per heavy atom. The topological polar surface area (TPSA) is 15.7 Å². The minimum atomic E-state index is 0.680. The lowest BCUT2D eigenvalue weighted by Crippen LogP contribution is -2.15. The molecule has 0 rings (SSSR count). The van der Waals surface area contributed by atoms with Gasteiger partial charge in [0.25, 0.3) is 0 Å². The zero-order valence-corrected chi connectivity index (χ0v) is 11.9. The Hall–Kier alpha value is -0.960. The highest BCUT2D eigenvalue weighted by atomic mass is 16.5. The third-order valence-electron chi connectivity index (χ3n) is 2.69. The van der Waals surface area contributed by atoms with E-state index in [1.54, 1.807) is 0 Å². The molecule has 3 heteroatoms. The molecule has 0 aromatic rings. The van der Waals surface area contributed by atoms with Gasteiger partial charge in [0, 0.05) is 26.2 Å². The summed E-state index contributed by atoms with van der Waals surface area (Å²) >= 11 is 0. The molecule has 0 aromatic carbocycles. The van der Waals surface area contributed by atoms with Gasteiger partial charge in [0.2, 0.25) is 0 Å². The van der Waals surface area contributed by atoms with Crippen LogP contribution in [0.15, 0.2) is 24.6 Å². The molecular weight excluding hydrogens is 212 g/mol. The van der Waals surface area contributed by atoms with Crippen molar-refractivity contribution < 1.29 is 4.74 Å². The van der Waals surface area contributed by atoms with Crippen molar-refractivity contribution in [2.24, 2.45) is 0 Å². The molecule has 0 N–H and O–H groups in total. The first-order chi connectivity index (χ1) is 8.28. The molecule has 0 atom stereocenters. The maximum atomic E-state index is 5.49. The van der Waals surface area contributed by atoms with Crippen LogP contribution in [-0.2, 0) is 4.74 Å². The largest absolute Gasteiger partial charge is 0.378 e. The second-order valence-electron chi connectivity index (χ2n) is 3.75. The van der Waals surface area contributed by atoms with E-state index in [1.807, 2.05) is 0 Å². The normalized spacial score (nSPS) is 11.5. The Labute approximate surface area is 107 Å². The fraction of sp³-hybridized carbons (Fsp3) is 0.714. The zero-order valence-electron chi connectivity index (χ0n) is 11.9. The molecule has 0 aliphatic carbocycles. The van der Waals surface area contributed by atoms with Crippen LogP contribution in [0.1, 0.15) is 27.7 Å². The van der Waals surface area contributed by atoms with Gasteiger partial charge in [0.1, 0.15) is 0 Å². The van der Waals surface area contributed by atoms with E-state index in [1.165, 1.54) is 0 Å². The van der Waals surface area contributed by atoms with Crippen molar-refractivity contribution in [2.75, 3.05) is 39.4 Å². The van der Waals surface area contributed by atoms with Crippen LogP contribution >= 0.6 is 0 Å². The van der Waals surface area contributed by atoms with E-state index >= 15 is 0 Å². The molecule has 100 valence electrons. The Morgan fingerprint density at radius 1 is 0.706 bits per heavy atom. The molecule has 0 heterocycles. The molecule has 0 fully saturated rings. The Bertz CT molecular complexity index is 184. The van der Waals surface area contributed by atoms with Crippen molar-refractivity contribution in [2.45, 2.75) is 27.7 Å². The van der Waals surface area contributed by atoms with E-state index in [9.17, 15) is 0 Å². The third-order valence-corrected chi connectivity index (χ3v) is 2.69. The Kier molecular flexibility index (Phi) is 10.9. The van der Waals surface area contributed by atoms with E-state index < -0.39 is 0 Å². The van der Waals surface area contributed by atoms with Crippen LogP contribution in [0.2, 0.25) is 0 Å². The van der Waals surface area contributed by atoms with Gasteiger partial charge in [-0.2, -0.15) is 0 Å². The average molecular weight is 240 g/mol. The van der Waals surface area contributed by atoms with Gasteiger partial charge >= 0.3 is 0 Å². The predicted octanol–water partition coefficient (Wildman–Crippen LogP) is 2.71. The van der Waals surface area contributed by atoms with Crippen molar-refractivity contribution in [3.8, 4) is 0 Å². The number of rotatable bonds is 10. The first kappa shape index (κ1) is 16.0. The van der Waals surface area contributed by atoms with E-state index in [0.717, 1.165) is 26.2 Å². The molecule has 0 aromatic heterocycles. The summed E-state index contributed by atoms with van der Waals surface area (Å²) in [5.41, 5.74) is 0. The minimum Gasteiger partial charge on any atom is -0.378 e. The van der Waals surface area contributed by atoms with Gasteiger partial charge in [-0.15, -0.1) is 0 Å². The molecule has 0 saturated carbocycles. The fourth-order valence-corrected chi connectivity index (χ4v) is 1.46. The average Bonchev–Trinajstić information content (AvgIpc) is 2.37. The van der Waals surface area contributed by atoms with Crippen LogP contribution < -0.4 is 0 Å². The smallest absolute Gasteiger partial charge is 0.0668 e. The lowest BCUT2D eigenvalue weighted by molar-refractivity contribution is 0.191. The van der Waals surface area contributed by atoms with Gasteiger partial charge in [-0.3, -0.25) is 0 Å². The summed E-state index contributed by atoms with van der Waals surface area (Å²) < 4.78 is 5.49. The maximum Gasteiger partial charge on any atom is 0.0668 e. The molecule has 0 aliphatic heterocycles. The number of ether oxygens (including phenoxy) is 1. The molecule has 17 heavy (non-hydrogen) atoms. The summed E-state index contributed by atoms with van der Waals surface area (Å²) in [5.74, 6) is 0. The molecule has 0 saturated heterocycles. The van der Waals surface area contributed by atoms with Gasteiger partial charge in [0.15, 0.2) is 0 Å². The van der Waals surface area contributed by atoms with Crippen LogP contribution in [0.3, 0.4) is 0 Å². The summed E-state index contributed by atoms with van der Waals surface area (Å²) in [6.07, 6.45) is 8.35. The highest BCUT2D eigenvalue weighted by molar-refractivity contribution is 4.84. The number of hydrogen-bond donors (Lipinski definition) is 0. The number of hydrogen-bond acceptors (Lipinski definition) is 3. The van der Waals surface area contributed by atoms with E-state index in [-0.39, 0.29) is 0 Å². The summed E-state index contributed by atoms with van der Waals surface area (Å²) in [7, 11) is 0. The SMILES string of the molecule is CCN(C=CCOCC=CN(CC)CC)CC. The quantitative estimate of drug-likeness (QED) is 0.546. The Balaban J connectivity index is 3.57. The van der Waals surface area contributed by atoms with Gasteiger partial charge in [0.05, 0.1) is 13.2 Å². The van der Waals surface area contributed by atoms with Crippen molar-refractivity contribution in [3.05, 3.63) is 24.6 Å². The first-order valence-electron chi connectivity index (χ1n) is 6.67. The highest BCUT2D eigenvalue weighted by Crippen LogP contribution is 1.90. The van der Waals surface area contributed by atoms with Crippen LogP contribution in [0.25, 0.3) is 0 Å². The van der Waals surface area contributed by atoms with Gasteiger partial charge in [-0.25, -0.2) is 0 Å². The standard InChI is InChI=1S/C14H28N2O/c1-5-15(6-2)11-9-13-17-14-10-12-16(7-3)8-4/h9-12H,5-8,13-14H2,1-4H3. The van der Waals surface area contributed by atoms with Crippen LogP contribution in [0.5, 0.6) is 0 Å². The van der Waals surface area contributed by atoms with Gasteiger partial charge < -0.3 is 14.5 Å². The van der Waals surface area contributed by atoms with E-state index in [2.05, 4.69) is 62.0 Å². The molecule has 0 unspecified atom stereocenters. The molecular formula is C14H28N2O. The summed E-state index contributed by atoms with van der Waals surface area (Å²) in [6, 6.07) is 0. The maximum absolute atomic E-state index is 5.49. The second kappa shape index (κ2) is 11.5. The monoisotopic (exact) mass is 240 g/mol. The fourth-order valence-electron chi connectivity index (χ4n) is 1.46. The zero-order chi connectivity index (χ0) is 12.9. The lowest BCUT2D eigenvalue weighted by atomic mass is 10.5. The van der Waals surface area contributed by atoms with Gasteiger partial charge in [-0.05, 0) is 52.2 Å². The van der Waals surface area contributed by atoms with Crippen LogP contribution in [0.4, 0.5) is 0 Å². The van der Waals surface area contributed by atoms with Crippen molar-refractivity contribution in [1.82, 2.24) is 9.80 Å². The summed E-state index contributed by atoms with van der Waals surface area (Å²) in [5, 5.41) is 0. The highest BCUT2D eigenvalue weighted by Gasteiger charge is 1.89. The van der Waals surface area contributed by atoms with Crippen molar-refractivity contribution in [3.63, 3.8) is 0 Å². The number of nitrogens with zero attached hydrogens (tertiary/aromatic N) is 2. The van der Waals surface area contributed by atoms with E-state index in [0.29, 0.717) is 13.2 Å². The summed E-state index contributed by atoms with van der Waals surface area (Å²) in [6.45, 7) is 14.2. The van der Waals surface area contributed by atoms with Gasteiger partial charge in [-0.1, -0.05) is 0 Å². The Morgan fingerprint density at radius 3 is 1.35 bits per heavy atom. The molecule has 3 nitrogen and oxygen atoms in total. The first-order valence-corrected chi connectivity index (χ1v) is 6.67. The predicted molar refractivity (Wildman–Crippen MR) is 74.9 cm³/mol. The van der Waals surface area contributed by atoms with Crippen molar-refractivity contribution in [1.29, 1.82) is 0 Å². The van der Waals surface area contributed by atoms with Crippen LogP contribution in [-0.4, -0.2) is 49.2 Å². The molecule has 0 aliphatic rings. The molecule has 0 bridgehead atoms. The van der Waals surface area contributed by atoms with Crippen LogP contribution in [0, 0.1) is 0 Å².